The van der Waals surface area contributed by atoms with Crippen molar-refractivity contribution in [1.29, 1.82) is 0 Å². The van der Waals surface area contributed by atoms with Crippen LogP contribution in [0.2, 0.25) is 0 Å². The molecule has 1 aromatic rings. The van der Waals surface area contributed by atoms with Crippen LogP contribution >= 0.6 is 0 Å². The van der Waals surface area contributed by atoms with Crippen LogP contribution in [0.5, 0.6) is 5.88 Å². The number of hydrogen-bond donors (Lipinski definition) is 1. The van der Waals surface area contributed by atoms with E-state index in [2.05, 4.69) is 4.98 Å². The van der Waals surface area contributed by atoms with Crippen LogP contribution in [0.4, 0.5) is 13.2 Å². The van der Waals surface area contributed by atoms with Crippen LogP contribution in [0.3, 0.4) is 0 Å². The molecule has 10 heteroatoms. The Morgan fingerprint density at radius 3 is 2.55 bits per heavy atom. The van der Waals surface area contributed by atoms with E-state index in [1.54, 1.807) is 0 Å². The molecule has 1 atom stereocenters. The lowest BCUT2D eigenvalue weighted by Crippen LogP contribution is -2.36. The van der Waals surface area contributed by atoms with Crippen LogP contribution in [-0.2, 0) is 16.4 Å². The molecule has 0 radical (unpaired) electrons. The Balaban J connectivity index is 1.99. The quantitative estimate of drug-likeness (QED) is 0.893. The molecule has 2 heterocycles. The van der Waals surface area contributed by atoms with Gasteiger partial charge in [0, 0.05) is 18.8 Å². The van der Waals surface area contributed by atoms with E-state index >= 15 is 0 Å². The molecule has 0 amide bonds. The average Bonchev–Trinajstić information content (AvgIpc) is 2.77. The SMILES string of the molecule is NS(=O)(=O)N1CCC(Oc2ccc(C(F)(F)F)cn2)C1. The topological polar surface area (TPSA) is 85.5 Å². The lowest BCUT2D eigenvalue weighted by Gasteiger charge is -2.14. The van der Waals surface area contributed by atoms with Crippen molar-refractivity contribution in [3.8, 4) is 5.88 Å². The molecule has 0 saturated carbocycles. The molecule has 0 aliphatic carbocycles. The second-order valence-electron chi connectivity index (χ2n) is 4.31. The standard InChI is InChI=1S/C10H12F3N3O3S/c11-10(12,13)7-1-2-9(15-5-7)19-8-3-4-16(6-8)20(14,17)18/h1-2,5,8H,3-4,6H2,(H2,14,17,18). The van der Waals surface area contributed by atoms with Crippen molar-refractivity contribution in [2.45, 2.75) is 18.7 Å². The van der Waals surface area contributed by atoms with Crippen LogP contribution in [0.1, 0.15) is 12.0 Å². The smallest absolute Gasteiger partial charge is 0.417 e. The van der Waals surface area contributed by atoms with Gasteiger partial charge in [0.1, 0.15) is 6.10 Å². The van der Waals surface area contributed by atoms with Gasteiger partial charge in [0.2, 0.25) is 5.88 Å². The van der Waals surface area contributed by atoms with Crippen molar-refractivity contribution in [3.05, 3.63) is 23.9 Å². The molecule has 20 heavy (non-hydrogen) atoms. The monoisotopic (exact) mass is 311 g/mol. The summed E-state index contributed by atoms with van der Waals surface area (Å²) in [6, 6.07) is 1.96. The highest BCUT2D eigenvalue weighted by Crippen LogP contribution is 2.29. The third-order valence-corrected chi connectivity index (χ3v) is 3.87. The Labute approximate surface area is 113 Å². The molecular weight excluding hydrogens is 299 g/mol. The molecule has 0 bridgehead atoms. The van der Waals surface area contributed by atoms with Crippen molar-refractivity contribution in [2.75, 3.05) is 13.1 Å². The summed E-state index contributed by atoms with van der Waals surface area (Å²) in [5.74, 6) is 0.0132. The fourth-order valence-electron chi connectivity index (χ4n) is 1.81. The van der Waals surface area contributed by atoms with Crippen LogP contribution in [-0.4, -0.2) is 36.9 Å². The minimum Gasteiger partial charge on any atom is -0.473 e. The number of alkyl halides is 3. The van der Waals surface area contributed by atoms with Crippen molar-refractivity contribution < 1.29 is 26.3 Å². The van der Waals surface area contributed by atoms with Crippen molar-refractivity contribution in [1.82, 2.24) is 9.29 Å². The third-order valence-electron chi connectivity index (χ3n) is 2.82. The third kappa shape index (κ3) is 3.58. The zero-order chi connectivity index (χ0) is 15.0. The van der Waals surface area contributed by atoms with Gasteiger partial charge >= 0.3 is 6.18 Å². The van der Waals surface area contributed by atoms with Gasteiger partial charge in [-0.1, -0.05) is 0 Å². The molecule has 2 N–H and O–H groups in total. The molecular formula is C10H12F3N3O3S. The fraction of sp³-hybridized carbons (Fsp3) is 0.500. The summed E-state index contributed by atoms with van der Waals surface area (Å²) < 4.78 is 65.6. The van der Waals surface area contributed by atoms with Crippen LogP contribution < -0.4 is 9.88 Å². The highest BCUT2D eigenvalue weighted by molar-refractivity contribution is 7.86. The van der Waals surface area contributed by atoms with Gasteiger partial charge in [0.15, 0.2) is 0 Å². The van der Waals surface area contributed by atoms with Crippen molar-refractivity contribution in [3.63, 3.8) is 0 Å². The van der Waals surface area contributed by atoms with E-state index in [9.17, 15) is 21.6 Å². The fourth-order valence-corrected chi connectivity index (χ4v) is 2.55. The minimum atomic E-state index is -4.46. The largest absolute Gasteiger partial charge is 0.473 e. The summed E-state index contributed by atoms with van der Waals surface area (Å²) in [7, 11) is -3.77. The Morgan fingerprint density at radius 2 is 2.10 bits per heavy atom. The first-order valence-corrected chi connectivity index (χ1v) is 7.14. The first kappa shape index (κ1) is 15.0. The van der Waals surface area contributed by atoms with Gasteiger partial charge < -0.3 is 4.74 Å². The summed E-state index contributed by atoms with van der Waals surface area (Å²) in [6.45, 7) is 0.270. The van der Waals surface area contributed by atoms with Gasteiger partial charge in [-0.05, 0) is 12.5 Å². The van der Waals surface area contributed by atoms with Crippen molar-refractivity contribution in [2.24, 2.45) is 5.14 Å². The molecule has 0 spiro atoms. The summed E-state index contributed by atoms with van der Waals surface area (Å²) in [5.41, 5.74) is -0.873. The Kier molecular flexibility index (Phi) is 3.89. The van der Waals surface area contributed by atoms with E-state index in [4.69, 9.17) is 9.88 Å². The Bertz CT molecular complexity index is 574. The first-order valence-electron chi connectivity index (χ1n) is 5.64. The zero-order valence-electron chi connectivity index (χ0n) is 10.2. The first-order chi connectivity index (χ1) is 9.16. The number of nitrogens with zero attached hydrogens (tertiary/aromatic N) is 2. The molecule has 1 fully saturated rings. The summed E-state index contributed by atoms with van der Waals surface area (Å²) >= 11 is 0. The van der Waals surface area contributed by atoms with Crippen molar-refractivity contribution >= 4 is 10.2 Å². The Hall–Kier alpha value is -1.39. The van der Waals surface area contributed by atoms with Crippen LogP contribution in [0, 0.1) is 0 Å². The van der Waals surface area contributed by atoms with Crippen LogP contribution in [0.25, 0.3) is 0 Å². The van der Waals surface area contributed by atoms with Gasteiger partial charge in [0.25, 0.3) is 10.2 Å². The lowest BCUT2D eigenvalue weighted by molar-refractivity contribution is -0.137. The predicted molar refractivity (Wildman–Crippen MR) is 63.0 cm³/mol. The second kappa shape index (κ2) is 5.19. The van der Waals surface area contributed by atoms with E-state index < -0.39 is 28.1 Å². The van der Waals surface area contributed by atoms with E-state index in [1.807, 2.05) is 0 Å². The summed E-state index contributed by atoms with van der Waals surface area (Å²) in [4.78, 5) is 3.55. The second-order valence-corrected chi connectivity index (χ2v) is 5.86. The molecule has 1 aliphatic rings. The van der Waals surface area contributed by atoms with E-state index in [0.717, 1.165) is 16.4 Å². The maximum absolute atomic E-state index is 12.3. The molecule has 1 aliphatic heterocycles. The maximum Gasteiger partial charge on any atom is 0.417 e. The van der Waals surface area contributed by atoms with Crippen LogP contribution in [0.15, 0.2) is 18.3 Å². The molecule has 112 valence electrons. The molecule has 1 saturated heterocycles. The van der Waals surface area contributed by atoms with Gasteiger partial charge in [-0.15, -0.1) is 0 Å². The van der Waals surface area contributed by atoms with Gasteiger partial charge in [-0.2, -0.15) is 25.9 Å². The molecule has 0 aromatic carbocycles. The summed E-state index contributed by atoms with van der Waals surface area (Å²) in [6.07, 6.45) is -3.86. The average molecular weight is 311 g/mol. The van der Waals surface area contributed by atoms with Gasteiger partial charge in [-0.3, -0.25) is 0 Å². The Morgan fingerprint density at radius 1 is 1.40 bits per heavy atom. The molecule has 2 rings (SSSR count). The minimum absolute atomic E-state index is 0.0132. The van der Waals surface area contributed by atoms with Gasteiger partial charge in [0.05, 0.1) is 12.1 Å². The van der Waals surface area contributed by atoms with Gasteiger partial charge in [-0.25, -0.2) is 10.1 Å². The number of rotatable bonds is 3. The zero-order valence-corrected chi connectivity index (χ0v) is 11.0. The van der Waals surface area contributed by atoms with E-state index in [-0.39, 0.29) is 19.0 Å². The molecule has 6 nitrogen and oxygen atoms in total. The predicted octanol–water partition coefficient (Wildman–Crippen LogP) is 0.757. The number of pyridine rings is 1. The van der Waals surface area contributed by atoms with E-state index in [1.165, 1.54) is 0 Å². The number of aromatic nitrogens is 1. The maximum atomic E-state index is 12.3. The number of ether oxygens (including phenoxy) is 1. The highest BCUT2D eigenvalue weighted by Gasteiger charge is 2.32. The number of nitrogens with two attached hydrogens (primary N) is 1. The number of halogens is 3. The number of hydrogen-bond acceptors (Lipinski definition) is 4. The highest BCUT2D eigenvalue weighted by atomic mass is 32.2. The summed E-state index contributed by atoms with van der Waals surface area (Å²) in [5, 5.41) is 4.97. The van der Waals surface area contributed by atoms with E-state index in [0.29, 0.717) is 12.6 Å². The molecule has 1 aromatic heterocycles. The normalized spacial score (nSPS) is 21.1. The molecule has 1 unspecified atom stereocenters. The lowest BCUT2D eigenvalue weighted by atomic mass is 10.3.